The van der Waals surface area contributed by atoms with Gasteiger partial charge in [0.05, 0.1) is 11.6 Å². The molecule has 0 saturated carbocycles. The molecule has 11 heteroatoms. The number of aromatic nitrogens is 1. The summed E-state index contributed by atoms with van der Waals surface area (Å²) in [6.07, 6.45) is 1.76. The maximum atomic E-state index is 13.3. The minimum atomic E-state index is -0.258. The van der Waals surface area contributed by atoms with Gasteiger partial charge in [0.15, 0.2) is 17.4 Å². The Hall–Kier alpha value is -3.57. The zero-order valence-electron chi connectivity index (χ0n) is 22.6. The first-order valence-corrected chi connectivity index (χ1v) is 14.0. The molecule has 9 nitrogen and oxygen atoms in total. The topological polar surface area (TPSA) is 119 Å². The second-order valence-electron chi connectivity index (χ2n) is 10.4. The number of amidine groups is 2. The Morgan fingerprint density at radius 2 is 1.87 bits per heavy atom. The lowest BCUT2D eigenvalue weighted by molar-refractivity contribution is 0.0743. The average Bonchev–Trinajstić information content (AvgIpc) is 3.35. The van der Waals surface area contributed by atoms with Crippen molar-refractivity contribution in [3.63, 3.8) is 0 Å². The third-order valence-electron chi connectivity index (χ3n) is 6.48. The number of thiophene rings is 1. The summed E-state index contributed by atoms with van der Waals surface area (Å²) in [6, 6.07) is 14.6. The van der Waals surface area contributed by atoms with Crippen molar-refractivity contribution in [2.24, 2.45) is 21.1 Å². The summed E-state index contributed by atoms with van der Waals surface area (Å²) >= 11 is 5.90. The largest absolute Gasteiger partial charge is 0.505 e. The number of phenols is 1. The monoisotopic (exact) mass is 565 g/mol. The standard InChI is InChI=1S/C28H35N7O2S2/c1-18-11-12-21(39-18)24(28(2,3)4)32-26(33-38)25(29)31-20-9-7-8-19(23(20)36)27(37)35-16-14-34(15-17-35)22-10-5-6-13-30-22/h5-13,24,36,38H,14-17H2,1-4H3,(H2,29,31)(H,32,33)/t24-/m0/s1. The molecule has 1 atom stereocenters. The maximum absolute atomic E-state index is 13.3. The Balaban J connectivity index is 1.54. The first kappa shape index (κ1) is 28.4. The minimum Gasteiger partial charge on any atom is -0.505 e. The van der Waals surface area contributed by atoms with E-state index in [1.165, 1.54) is 4.88 Å². The molecule has 0 radical (unpaired) electrons. The van der Waals surface area contributed by atoms with Crippen molar-refractivity contribution in [1.82, 2.24) is 14.6 Å². The van der Waals surface area contributed by atoms with Crippen LogP contribution in [-0.4, -0.2) is 58.7 Å². The number of aliphatic imine (C=N–C) groups is 2. The van der Waals surface area contributed by atoms with Crippen LogP contribution >= 0.6 is 24.2 Å². The Kier molecular flexibility index (Phi) is 8.81. The zero-order chi connectivity index (χ0) is 28.2. The molecule has 1 amide bonds. The van der Waals surface area contributed by atoms with Gasteiger partial charge in [-0.25, -0.2) is 9.98 Å². The van der Waals surface area contributed by atoms with Crippen LogP contribution in [0.25, 0.3) is 0 Å². The number of amides is 1. The fraction of sp³-hybridized carbons (Fsp3) is 0.357. The molecule has 4 N–H and O–H groups in total. The lowest BCUT2D eigenvalue weighted by Crippen LogP contribution is -2.49. The molecule has 0 aliphatic carbocycles. The molecule has 206 valence electrons. The molecule has 0 bridgehead atoms. The van der Waals surface area contributed by atoms with E-state index in [4.69, 9.17) is 10.7 Å². The summed E-state index contributed by atoms with van der Waals surface area (Å²) in [5, 5.41) is 11.0. The molecular weight excluding hydrogens is 530 g/mol. The molecule has 1 aliphatic heterocycles. The normalized spacial score (nSPS) is 15.8. The number of thiol groups is 1. The van der Waals surface area contributed by atoms with Gasteiger partial charge in [0.2, 0.25) is 0 Å². The molecule has 1 aromatic carbocycles. The Labute approximate surface area is 239 Å². The van der Waals surface area contributed by atoms with Gasteiger partial charge in [-0.3, -0.25) is 9.79 Å². The highest BCUT2D eigenvalue weighted by Gasteiger charge is 2.29. The van der Waals surface area contributed by atoms with Gasteiger partial charge in [0.1, 0.15) is 11.5 Å². The number of hydrogen-bond acceptors (Lipinski definition) is 8. The summed E-state index contributed by atoms with van der Waals surface area (Å²) in [6.45, 7) is 10.7. The average molecular weight is 566 g/mol. The minimum absolute atomic E-state index is 0.0522. The van der Waals surface area contributed by atoms with Crippen LogP contribution in [0.5, 0.6) is 5.75 Å². The summed E-state index contributed by atoms with van der Waals surface area (Å²) in [5.74, 6) is 0.739. The first-order valence-electron chi connectivity index (χ1n) is 12.7. The van der Waals surface area contributed by atoms with E-state index in [0.29, 0.717) is 26.2 Å². The van der Waals surface area contributed by atoms with Crippen molar-refractivity contribution in [1.29, 1.82) is 0 Å². The number of anilines is 1. The number of benzene rings is 1. The predicted molar refractivity (Wildman–Crippen MR) is 163 cm³/mol. The lowest BCUT2D eigenvalue weighted by atomic mass is 9.86. The van der Waals surface area contributed by atoms with Gasteiger partial charge >= 0.3 is 0 Å². The summed E-state index contributed by atoms with van der Waals surface area (Å²) < 4.78 is 2.75. The fourth-order valence-electron chi connectivity index (χ4n) is 4.39. The Morgan fingerprint density at radius 3 is 2.46 bits per heavy atom. The summed E-state index contributed by atoms with van der Waals surface area (Å²) in [7, 11) is 0. The number of carbonyl (C=O) groups excluding carboxylic acids is 1. The van der Waals surface area contributed by atoms with Crippen molar-refractivity contribution in [2.45, 2.75) is 33.7 Å². The van der Waals surface area contributed by atoms with E-state index < -0.39 is 0 Å². The SMILES string of the molecule is Cc1ccc([C@H](N=C(NS)C(N)=Nc2cccc(C(=O)N3CCN(c4ccccn4)CC3)c2O)C(C)(C)C)s1. The van der Waals surface area contributed by atoms with Gasteiger partial charge in [-0.15, -0.1) is 11.3 Å². The van der Waals surface area contributed by atoms with Crippen LogP contribution in [0.3, 0.4) is 0 Å². The highest BCUT2D eigenvalue weighted by atomic mass is 32.1. The van der Waals surface area contributed by atoms with E-state index in [1.807, 2.05) is 18.2 Å². The van der Waals surface area contributed by atoms with Crippen molar-refractivity contribution in [3.05, 3.63) is 70.0 Å². The van der Waals surface area contributed by atoms with Crippen LogP contribution in [-0.2, 0) is 0 Å². The number of aromatic hydroxyl groups is 1. The van der Waals surface area contributed by atoms with Crippen LogP contribution in [0, 0.1) is 12.3 Å². The molecule has 3 aromatic rings. The zero-order valence-corrected chi connectivity index (χ0v) is 24.3. The van der Waals surface area contributed by atoms with Crippen LogP contribution in [0.1, 0.15) is 46.9 Å². The number of pyridine rings is 1. The number of para-hydroxylation sites is 1. The highest BCUT2D eigenvalue weighted by molar-refractivity contribution is 7.78. The van der Waals surface area contributed by atoms with Crippen molar-refractivity contribution < 1.29 is 9.90 Å². The molecule has 1 saturated heterocycles. The van der Waals surface area contributed by atoms with Crippen LogP contribution < -0.4 is 15.4 Å². The van der Waals surface area contributed by atoms with Crippen molar-refractivity contribution in [3.8, 4) is 5.75 Å². The second kappa shape index (κ2) is 12.1. The summed E-state index contributed by atoms with van der Waals surface area (Å²) in [5.41, 5.74) is 6.50. The van der Waals surface area contributed by atoms with Gasteiger partial charge < -0.3 is 25.4 Å². The third kappa shape index (κ3) is 6.72. The van der Waals surface area contributed by atoms with Gasteiger partial charge in [0, 0.05) is 42.1 Å². The maximum Gasteiger partial charge on any atom is 0.257 e. The number of hydrogen-bond donors (Lipinski definition) is 4. The number of piperazine rings is 1. The van der Waals surface area contributed by atoms with E-state index >= 15 is 0 Å². The second-order valence-corrected chi connectivity index (χ2v) is 12.0. The number of nitrogens with two attached hydrogens (primary N) is 1. The van der Waals surface area contributed by atoms with E-state index in [9.17, 15) is 9.90 Å². The van der Waals surface area contributed by atoms with Gasteiger partial charge in [0.25, 0.3) is 5.91 Å². The van der Waals surface area contributed by atoms with Gasteiger partial charge in [-0.1, -0.05) is 45.7 Å². The Bertz CT molecular complexity index is 1360. The Morgan fingerprint density at radius 1 is 1.13 bits per heavy atom. The molecule has 0 spiro atoms. The molecule has 39 heavy (non-hydrogen) atoms. The fourth-order valence-corrected chi connectivity index (χ4v) is 5.73. The summed E-state index contributed by atoms with van der Waals surface area (Å²) in [4.78, 5) is 33.1. The molecule has 2 aromatic heterocycles. The predicted octanol–water partition coefficient (Wildman–Crippen LogP) is 4.73. The third-order valence-corrected chi connectivity index (χ3v) is 7.75. The van der Waals surface area contributed by atoms with Crippen molar-refractivity contribution in [2.75, 3.05) is 31.1 Å². The highest BCUT2D eigenvalue weighted by Crippen LogP contribution is 2.39. The number of carbonyl (C=O) groups is 1. The van der Waals surface area contributed by atoms with Crippen LogP contribution in [0.4, 0.5) is 11.5 Å². The molecule has 3 heterocycles. The van der Waals surface area contributed by atoms with Gasteiger partial charge in [-0.2, -0.15) is 0 Å². The first-order chi connectivity index (χ1) is 18.6. The lowest BCUT2D eigenvalue weighted by Gasteiger charge is -2.35. The quantitative estimate of drug-likeness (QED) is 0.202. The van der Waals surface area contributed by atoms with Crippen molar-refractivity contribution >= 4 is 53.2 Å². The van der Waals surface area contributed by atoms with E-state index in [2.05, 4.69) is 72.2 Å². The van der Waals surface area contributed by atoms with Crippen LogP contribution in [0.2, 0.25) is 0 Å². The van der Waals surface area contributed by atoms with E-state index in [-0.39, 0.29) is 46.0 Å². The molecule has 1 fully saturated rings. The number of rotatable bonds is 5. The van der Waals surface area contributed by atoms with E-state index in [1.54, 1.807) is 40.6 Å². The smallest absolute Gasteiger partial charge is 0.257 e. The molecule has 0 unspecified atom stereocenters. The number of nitrogens with one attached hydrogen (secondary N) is 1. The number of aryl methyl sites for hydroxylation is 1. The molecule has 1 aliphatic rings. The number of phenolic OH excluding ortho intramolecular Hbond substituents is 1. The van der Waals surface area contributed by atoms with Crippen LogP contribution in [0.15, 0.2) is 64.7 Å². The molecular formula is C28H35N7O2S2. The van der Waals surface area contributed by atoms with E-state index in [0.717, 1.165) is 10.7 Å². The number of nitrogens with zero attached hydrogens (tertiary/aromatic N) is 5. The van der Waals surface area contributed by atoms with Gasteiger partial charge in [-0.05, 0) is 48.7 Å². The molecule has 4 rings (SSSR count).